The lowest BCUT2D eigenvalue weighted by Gasteiger charge is -2.28. The zero-order valence-corrected chi connectivity index (χ0v) is 19.8. The predicted molar refractivity (Wildman–Crippen MR) is 131 cm³/mol. The number of nitrogens with zero attached hydrogens (tertiary/aromatic N) is 6. The van der Waals surface area contributed by atoms with E-state index in [1.54, 1.807) is 6.33 Å². The third kappa shape index (κ3) is 4.84. The van der Waals surface area contributed by atoms with Crippen LogP contribution in [0, 0.1) is 0 Å². The van der Waals surface area contributed by atoms with Gasteiger partial charge in [-0.25, -0.2) is 0 Å². The molecule has 1 N–H and O–H groups in total. The zero-order chi connectivity index (χ0) is 24.4. The normalized spacial score (nSPS) is 12.9. The van der Waals surface area contributed by atoms with Crippen molar-refractivity contribution in [2.24, 2.45) is 7.05 Å². The number of aryl methyl sites for hydroxylation is 1. The summed E-state index contributed by atoms with van der Waals surface area (Å²) in [6.45, 7) is 3.25. The molecule has 2 aromatic heterocycles. The van der Waals surface area contributed by atoms with Gasteiger partial charge in [0.05, 0.1) is 13.0 Å². The second-order valence-corrected chi connectivity index (χ2v) is 8.79. The molecule has 2 amide bonds. The van der Waals surface area contributed by atoms with Crippen molar-refractivity contribution < 1.29 is 9.59 Å². The molecule has 0 saturated heterocycles. The zero-order valence-electron chi connectivity index (χ0n) is 19.8. The first-order chi connectivity index (χ1) is 17.0. The fourth-order valence-corrected chi connectivity index (χ4v) is 4.51. The topological polar surface area (TPSA) is 97.9 Å². The van der Waals surface area contributed by atoms with E-state index in [2.05, 4.69) is 27.6 Å². The summed E-state index contributed by atoms with van der Waals surface area (Å²) in [4.78, 5) is 26.3. The summed E-state index contributed by atoms with van der Waals surface area (Å²) in [6, 6.07) is 17.5. The van der Waals surface area contributed by atoms with E-state index in [-0.39, 0.29) is 11.8 Å². The largest absolute Gasteiger partial charge is 0.338 e. The first kappa shape index (κ1) is 22.5. The monoisotopic (exact) mass is 469 g/mol. The minimum absolute atomic E-state index is 0.0588. The predicted octanol–water partition coefficient (Wildman–Crippen LogP) is 2.81. The van der Waals surface area contributed by atoms with Crippen molar-refractivity contribution in [3.8, 4) is 11.5 Å². The molecule has 0 bridgehead atoms. The molecule has 5 rings (SSSR count). The maximum Gasteiger partial charge on any atom is 0.227 e. The van der Waals surface area contributed by atoms with E-state index < -0.39 is 0 Å². The van der Waals surface area contributed by atoms with Crippen LogP contribution in [0.15, 0.2) is 60.9 Å². The van der Waals surface area contributed by atoms with Crippen LogP contribution >= 0.6 is 0 Å². The molecule has 35 heavy (non-hydrogen) atoms. The van der Waals surface area contributed by atoms with Crippen LogP contribution in [0.3, 0.4) is 0 Å². The van der Waals surface area contributed by atoms with Crippen molar-refractivity contribution in [3.63, 3.8) is 0 Å². The third-order valence-corrected chi connectivity index (χ3v) is 6.25. The van der Waals surface area contributed by atoms with Crippen LogP contribution < -0.4 is 5.32 Å². The Morgan fingerprint density at radius 3 is 2.54 bits per heavy atom. The van der Waals surface area contributed by atoms with Crippen molar-refractivity contribution in [1.82, 2.24) is 29.4 Å². The van der Waals surface area contributed by atoms with Gasteiger partial charge in [0.2, 0.25) is 11.8 Å². The molecule has 178 valence electrons. The number of benzene rings is 2. The summed E-state index contributed by atoms with van der Waals surface area (Å²) in [5.41, 5.74) is 5.70. The van der Waals surface area contributed by atoms with Crippen molar-refractivity contribution in [2.75, 3.05) is 11.9 Å². The van der Waals surface area contributed by atoms with Crippen molar-refractivity contribution in [2.45, 2.75) is 32.9 Å². The second kappa shape index (κ2) is 9.54. The highest BCUT2D eigenvalue weighted by molar-refractivity contribution is 5.88. The summed E-state index contributed by atoms with van der Waals surface area (Å²) in [5, 5.41) is 16.0. The summed E-state index contributed by atoms with van der Waals surface area (Å²) in [5.74, 6) is 0.641. The van der Waals surface area contributed by atoms with Gasteiger partial charge in [0.25, 0.3) is 0 Å². The summed E-state index contributed by atoms with van der Waals surface area (Å²) >= 11 is 0. The number of hydrogen-bond donors (Lipinski definition) is 1. The van der Waals surface area contributed by atoms with E-state index in [9.17, 15) is 9.59 Å². The molecule has 0 unspecified atom stereocenters. The Hall–Kier alpha value is -4.27. The summed E-state index contributed by atoms with van der Waals surface area (Å²) < 4.78 is 3.89. The number of rotatable bonds is 6. The minimum Gasteiger partial charge on any atom is -0.338 e. The highest BCUT2D eigenvalue weighted by Gasteiger charge is 2.29. The Bertz CT molecular complexity index is 1360. The van der Waals surface area contributed by atoms with Gasteiger partial charge in [-0.15, -0.1) is 10.2 Å². The average molecular weight is 470 g/mol. The van der Waals surface area contributed by atoms with E-state index in [4.69, 9.17) is 5.10 Å². The van der Waals surface area contributed by atoms with Crippen LogP contribution in [0.25, 0.3) is 11.5 Å². The second-order valence-electron chi connectivity index (χ2n) is 8.79. The molecular weight excluding hydrogens is 442 g/mol. The average Bonchev–Trinajstić information content (AvgIpc) is 3.44. The molecule has 0 fully saturated rings. The van der Waals surface area contributed by atoms with Gasteiger partial charge in [0.1, 0.15) is 12.0 Å². The number of aromatic nitrogens is 5. The van der Waals surface area contributed by atoms with E-state index in [0.29, 0.717) is 31.9 Å². The molecule has 4 aromatic rings. The lowest BCUT2D eigenvalue weighted by molar-refractivity contribution is -0.131. The molecule has 3 heterocycles. The molecule has 0 atom stereocenters. The van der Waals surface area contributed by atoms with E-state index in [0.717, 1.165) is 40.2 Å². The molecule has 1 aliphatic rings. The maximum absolute atomic E-state index is 13.1. The Balaban J connectivity index is 1.34. The van der Waals surface area contributed by atoms with Crippen molar-refractivity contribution in [3.05, 3.63) is 83.3 Å². The maximum atomic E-state index is 13.1. The van der Waals surface area contributed by atoms with Gasteiger partial charge in [-0.2, -0.15) is 5.10 Å². The first-order valence-corrected chi connectivity index (χ1v) is 11.6. The molecule has 2 aromatic carbocycles. The molecule has 1 aliphatic heterocycles. The highest BCUT2D eigenvalue weighted by Crippen LogP contribution is 2.29. The number of amides is 2. The summed E-state index contributed by atoms with van der Waals surface area (Å²) in [7, 11) is 1.94. The fraction of sp³-hybridized carbons (Fsp3) is 0.269. The van der Waals surface area contributed by atoms with Gasteiger partial charge in [0, 0.05) is 50.4 Å². The third-order valence-electron chi connectivity index (χ3n) is 6.25. The van der Waals surface area contributed by atoms with Gasteiger partial charge < -0.3 is 14.8 Å². The number of nitrogens with one attached hydrogen (secondary N) is 1. The molecule has 9 heteroatoms. The van der Waals surface area contributed by atoms with Gasteiger partial charge >= 0.3 is 0 Å². The van der Waals surface area contributed by atoms with Crippen LogP contribution in [-0.4, -0.2) is 47.8 Å². The molecular formula is C26H27N7O2. The number of hydrogen-bond acceptors (Lipinski definition) is 5. The van der Waals surface area contributed by atoms with Crippen LogP contribution in [0.4, 0.5) is 5.69 Å². The lowest BCUT2D eigenvalue weighted by atomic mass is 10.0. The van der Waals surface area contributed by atoms with Crippen LogP contribution in [0.2, 0.25) is 0 Å². The molecule has 0 aliphatic carbocycles. The quantitative estimate of drug-likeness (QED) is 0.468. The van der Waals surface area contributed by atoms with Gasteiger partial charge in [-0.3, -0.25) is 14.3 Å². The number of fused-ring (bicyclic) bond motifs is 1. The summed E-state index contributed by atoms with van der Waals surface area (Å²) in [6.07, 6.45) is 2.76. The van der Waals surface area contributed by atoms with Crippen LogP contribution in [0.1, 0.15) is 29.3 Å². The van der Waals surface area contributed by atoms with Crippen molar-refractivity contribution >= 4 is 17.5 Å². The van der Waals surface area contributed by atoms with E-state index in [1.807, 2.05) is 63.7 Å². The fourth-order valence-electron chi connectivity index (χ4n) is 4.51. The lowest BCUT2D eigenvalue weighted by Crippen LogP contribution is -2.37. The van der Waals surface area contributed by atoms with Gasteiger partial charge in [-0.1, -0.05) is 42.5 Å². The standard InChI is InChI=1S/C26H27N7O2/c1-18(34)28-21-10-8-19(9-11-21)14-24(35)32-13-12-23-22(16-32)25(30-31(23)2)26-29-27-17-33(26)15-20-6-4-3-5-7-20/h3-11,17H,12-16H2,1-2H3,(H,28,34). The highest BCUT2D eigenvalue weighted by atomic mass is 16.2. The first-order valence-electron chi connectivity index (χ1n) is 11.6. The smallest absolute Gasteiger partial charge is 0.227 e. The Kier molecular flexibility index (Phi) is 6.13. The SMILES string of the molecule is CC(=O)Nc1ccc(CC(=O)N2CCc3c(c(-c4nncn4Cc4ccccc4)nn3C)C2)cc1. The Morgan fingerprint density at radius 2 is 1.80 bits per heavy atom. The molecule has 0 spiro atoms. The minimum atomic E-state index is -0.121. The van der Waals surface area contributed by atoms with E-state index in [1.165, 1.54) is 6.92 Å². The number of anilines is 1. The Labute approximate surface area is 203 Å². The molecule has 0 saturated carbocycles. The molecule has 0 radical (unpaired) electrons. The number of carbonyl (C=O) groups excluding carboxylic acids is 2. The Morgan fingerprint density at radius 1 is 1.03 bits per heavy atom. The molecule has 9 nitrogen and oxygen atoms in total. The van der Waals surface area contributed by atoms with Crippen molar-refractivity contribution in [1.29, 1.82) is 0 Å². The van der Waals surface area contributed by atoms with Gasteiger partial charge in [0.15, 0.2) is 5.82 Å². The van der Waals surface area contributed by atoms with E-state index >= 15 is 0 Å². The van der Waals surface area contributed by atoms with Crippen LogP contribution in [-0.2, 0) is 42.6 Å². The van der Waals surface area contributed by atoms with Gasteiger partial charge in [-0.05, 0) is 23.3 Å². The number of carbonyl (C=O) groups is 2. The van der Waals surface area contributed by atoms with Crippen LogP contribution in [0.5, 0.6) is 0 Å².